The maximum atomic E-state index is 13.9. The van der Waals surface area contributed by atoms with Crippen LogP contribution in [-0.2, 0) is 14.9 Å². The summed E-state index contributed by atoms with van der Waals surface area (Å²) in [6, 6.07) is 17.8. The molecule has 1 saturated carbocycles. The van der Waals surface area contributed by atoms with E-state index in [-0.39, 0.29) is 17.9 Å². The molecule has 0 aromatic heterocycles. The topological polar surface area (TPSA) is 59.1 Å². The molecular formula is C32H42N2O4. The zero-order chi connectivity index (χ0) is 27.3. The van der Waals surface area contributed by atoms with Crippen LogP contribution >= 0.6 is 0 Å². The standard InChI is InChI=1S/C32H42N2O4/c1-6-18-33-19-17-31(27-13-10-14-29(20-27)37-5)21-28(15-16-32(31,23-33)38-25(4)35)34(22-24(2)3)30(36)26-11-8-7-9-12-26/h6-14,20,24,28H,1,15-19,21-23H2,2-5H3/t28-,31+,32+/m1/s1. The lowest BCUT2D eigenvalue weighted by atomic mass is 9.54. The Morgan fingerprint density at radius 3 is 2.58 bits per heavy atom. The number of benzene rings is 2. The summed E-state index contributed by atoms with van der Waals surface area (Å²) < 4.78 is 12.0. The van der Waals surface area contributed by atoms with Gasteiger partial charge in [-0.1, -0.05) is 50.3 Å². The first-order chi connectivity index (χ1) is 18.2. The number of hydrogen-bond acceptors (Lipinski definition) is 5. The first-order valence-corrected chi connectivity index (χ1v) is 13.8. The van der Waals surface area contributed by atoms with Gasteiger partial charge in [-0.15, -0.1) is 6.58 Å². The van der Waals surface area contributed by atoms with Crippen molar-refractivity contribution in [2.45, 2.75) is 63.5 Å². The molecule has 0 bridgehead atoms. The number of carbonyl (C=O) groups excluding carboxylic acids is 2. The zero-order valence-electron chi connectivity index (χ0n) is 23.3. The highest BCUT2D eigenvalue weighted by molar-refractivity contribution is 5.94. The third-order valence-corrected chi connectivity index (χ3v) is 8.30. The van der Waals surface area contributed by atoms with Gasteiger partial charge < -0.3 is 14.4 Å². The average Bonchev–Trinajstić information content (AvgIpc) is 2.91. The van der Waals surface area contributed by atoms with Crippen molar-refractivity contribution >= 4 is 11.9 Å². The number of likely N-dealkylation sites (tertiary alicyclic amines) is 1. The van der Waals surface area contributed by atoms with Crippen LogP contribution in [0.25, 0.3) is 0 Å². The van der Waals surface area contributed by atoms with Gasteiger partial charge in [-0.25, -0.2) is 0 Å². The van der Waals surface area contributed by atoms with E-state index in [9.17, 15) is 9.59 Å². The summed E-state index contributed by atoms with van der Waals surface area (Å²) in [5, 5.41) is 0. The van der Waals surface area contributed by atoms with Gasteiger partial charge in [0.2, 0.25) is 0 Å². The molecule has 1 heterocycles. The van der Waals surface area contributed by atoms with Crippen LogP contribution in [0, 0.1) is 5.92 Å². The van der Waals surface area contributed by atoms with Crippen LogP contribution in [0.2, 0.25) is 0 Å². The Hall–Kier alpha value is -3.12. The number of carbonyl (C=O) groups is 2. The summed E-state index contributed by atoms with van der Waals surface area (Å²) in [5.41, 5.74) is 0.654. The lowest BCUT2D eigenvalue weighted by Crippen LogP contribution is -2.68. The van der Waals surface area contributed by atoms with Gasteiger partial charge in [0.1, 0.15) is 11.4 Å². The SMILES string of the molecule is C=CCN1CC[C@@]2(c3cccc(OC)c3)C[C@H](N(CC(C)C)C(=O)c3ccccc3)CC[C@]2(OC(C)=O)C1. The van der Waals surface area contributed by atoms with E-state index in [0.717, 1.165) is 43.7 Å². The van der Waals surface area contributed by atoms with E-state index in [1.807, 2.05) is 48.5 Å². The second-order valence-electron chi connectivity index (χ2n) is 11.3. The Kier molecular flexibility index (Phi) is 8.61. The Morgan fingerprint density at radius 1 is 1.16 bits per heavy atom. The van der Waals surface area contributed by atoms with E-state index >= 15 is 0 Å². The van der Waals surface area contributed by atoms with Crippen LogP contribution in [0.4, 0.5) is 0 Å². The second kappa shape index (κ2) is 11.7. The van der Waals surface area contributed by atoms with E-state index < -0.39 is 11.0 Å². The highest BCUT2D eigenvalue weighted by Crippen LogP contribution is 2.55. The minimum absolute atomic E-state index is 0.0194. The molecule has 3 atom stereocenters. The molecule has 0 radical (unpaired) electrons. The fourth-order valence-electron chi connectivity index (χ4n) is 6.72. The number of rotatable bonds is 9. The molecule has 1 aliphatic carbocycles. The molecule has 0 spiro atoms. The molecule has 6 nitrogen and oxygen atoms in total. The quantitative estimate of drug-likeness (QED) is 0.325. The fraction of sp³-hybridized carbons (Fsp3) is 0.500. The molecule has 2 aromatic carbocycles. The van der Waals surface area contributed by atoms with Crippen molar-refractivity contribution in [3.63, 3.8) is 0 Å². The van der Waals surface area contributed by atoms with Crippen molar-refractivity contribution in [3.05, 3.63) is 78.4 Å². The molecule has 38 heavy (non-hydrogen) atoms. The predicted octanol–water partition coefficient (Wildman–Crippen LogP) is 5.48. The summed E-state index contributed by atoms with van der Waals surface area (Å²) in [7, 11) is 1.68. The van der Waals surface area contributed by atoms with Crippen molar-refractivity contribution in [1.82, 2.24) is 9.80 Å². The largest absolute Gasteiger partial charge is 0.497 e. The lowest BCUT2D eigenvalue weighted by molar-refractivity contribution is -0.188. The summed E-state index contributed by atoms with van der Waals surface area (Å²) in [6.07, 6.45) is 4.90. The number of methoxy groups -OCH3 is 1. The smallest absolute Gasteiger partial charge is 0.303 e. The third kappa shape index (κ3) is 5.51. The molecular weight excluding hydrogens is 476 g/mol. The number of fused-ring (bicyclic) bond motifs is 1. The van der Waals surface area contributed by atoms with E-state index in [4.69, 9.17) is 9.47 Å². The minimum atomic E-state index is -0.706. The van der Waals surface area contributed by atoms with Gasteiger partial charge in [0, 0.05) is 43.6 Å². The summed E-state index contributed by atoms with van der Waals surface area (Å²) in [5.74, 6) is 0.901. The Balaban J connectivity index is 1.81. The number of amides is 1. The second-order valence-corrected chi connectivity index (χ2v) is 11.3. The summed E-state index contributed by atoms with van der Waals surface area (Å²) >= 11 is 0. The zero-order valence-corrected chi connectivity index (χ0v) is 23.3. The fourth-order valence-corrected chi connectivity index (χ4v) is 6.72. The summed E-state index contributed by atoms with van der Waals surface area (Å²) in [6.45, 7) is 12.7. The van der Waals surface area contributed by atoms with E-state index in [1.165, 1.54) is 6.92 Å². The van der Waals surface area contributed by atoms with Crippen LogP contribution in [0.3, 0.4) is 0 Å². The number of hydrogen-bond donors (Lipinski definition) is 0. The molecule has 204 valence electrons. The highest BCUT2D eigenvalue weighted by Gasteiger charge is 2.61. The van der Waals surface area contributed by atoms with Crippen LogP contribution in [0.5, 0.6) is 5.75 Å². The minimum Gasteiger partial charge on any atom is -0.497 e. The Morgan fingerprint density at radius 2 is 1.92 bits per heavy atom. The number of ether oxygens (including phenoxy) is 2. The molecule has 6 heteroatoms. The van der Waals surface area contributed by atoms with Gasteiger partial charge in [0.05, 0.1) is 7.11 Å². The van der Waals surface area contributed by atoms with E-state index in [1.54, 1.807) is 7.11 Å². The van der Waals surface area contributed by atoms with E-state index in [2.05, 4.69) is 42.4 Å². The van der Waals surface area contributed by atoms with Crippen molar-refractivity contribution < 1.29 is 19.1 Å². The maximum absolute atomic E-state index is 13.9. The van der Waals surface area contributed by atoms with Gasteiger partial charge >= 0.3 is 5.97 Å². The van der Waals surface area contributed by atoms with Gasteiger partial charge in [-0.05, 0) is 68.0 Å². The van der Waals surface area contributed by atoms with Gasteiger partial charge in [-0.3, -0.25) is 14.5 Å². The van der Waals surface area contributed by atoms with Gasteiger partial charge in [-0.2, -0.15) is 0 Å². The molecule has 0 N–H and O–H groups in total. The lowest BCUT2D eigenvalue weighted by Gasteiger charge is -2.60. The van der Waals surface area contributed by atoms with Crippen LogP contribution in [-0.4, -0.2) is 66.6 Å². The van der Waals surface area contributed by atoms with Gasteiger partial charge in [0.25, 0.3) is 5.91 Å². The maximum Gasteiger partial charge on any atom is 0.303 e. The van der Waals surface area contributed by atoms with Crippen LogP contribution < -0.4 is 4.74 Å². The summed E-state index contributed by atoms with van der Waals surface area (Å²) in [4.78, 5) is 30.9. The van der Waals surface area contributed by atoms with Gasteiger partial charge in [0.15, 0.2) is 0 Å². The number of esters is 1. The van der Waals surface area contributed by atoms with Crippen molar-refractivity contribution in [2.24, 2.45) is 5.92 Å². The molecule has 2 aromatic rings. The molecule has 2 fully saturated rings. The molecule has 2 aliphatic rings. The molecule has 1 saturated heterocycles. The molecule has 4 rings (SSSR count). The number of nitrogens with zero attached hydrogens (tertiary/aromatic N) is 2. The highest BCUT2D eigenvalue weighted by atomic mass is 16.6. The monoisotopic (exact) mass is 518 g/mol. The molecule has 0 unspecified atom stereocenters. The predicted molar refractivity (Wildman–Crippen MR) is 150 cm³/mol. The third-order valence-electron chi connectivity index (χ3n) is 8.30. The Labute approximate surface area is 227 Å². The van der Waals surface area contributed by atoms with Crippen LogP contribution in [0.1, 0.15) is 62.4 Å². The van der Waals surface area contributed by atoms with E-state index in [0.29, 0.717) is 31.0 Å². The van der Waals surface area contributed by atoms with Crippen molar-refractivity contribution in [2.75, 3.05) is 33.3 Å². The first kappa shape index (κ1) is 27.9. The first-order valence-electron chi connectivity index (χ1n) is 13.8. The molecule has 1 aliphatic heterocycles. The average molecular weight is 519 g/mol. The molecule has 1 amide bonds. The normalized spacial score (nSPS) is 25.3. The van der Waals surface area contributed by atoms with Crippen molar-refractivity contribution in [1.29, 1.82) is 0 Å². The van der Waals surface area contributed by atoms with Crippen LogP contribution in [0.15, 0.2) is 67.3 Å². The number of piperidine rings is 1. The Bertz CT molecular complexity index is 1130. The van der Waals surface area contributed by atoms with Crippen molar-refractivity contribution in [3.8, 4) is 5.75 Å².